The lowest BCUT2D eigenvalue weighted by atomic mass is 10.3. The molecule has 0 bridgehead atoms. The normalized spacial score (nSPS) is 13.2. The van der Waals surface area contributed by atoms with Crippen molar-refractivity contribution >= 4 is 5.78 Å². The van der Waals surface area contributed by atoms with Crippen molar-refractivity contribution in [1.82, 2.24) is 4.90 Å². The van der Waals surface area contributed by atoms with Crippen molar-refractivity contribution in [2.75, 3.05) is 40.0 Å². The average Bonchev–Trinajstić information content (AvgIpc) is 2.03. The van der Waals surface area contributed by atoms with Gasteiger partial charge >= 0.3 is 0 Å². The van der Waals surface area contributed by atoms with Gasteiger partial charge in [-0.25, -0.2) is 0 Å². The number of hydrogen-bond acceptors (Lipinski definition) is 5. The van der Waals surface area contributed by atoms with E-state index in [1.54, 1.807) is 4.90 Å². The summed E-state index contributed by atoms with van der Waals surface area (Å²) in [6.45, 7) is 2.68. The number of carbonyl (C=O) groups excluding carboxylic acids is 1. The third-order valence-corrected chi connectivity index (χ3v) is 1.69. The Labute approximate surface area is 84.3 Å². The minimum Gasteiger partial charge on any atom is -0.395 e. The van der Waals surface area contributed by atoms with Gasteiger partial charge in [0.1, 0.15) is 5.78 Å². The van der Waals surface area contributed by atoms with Crippen molar-refractivity contribution in [2.24, 2.45) is 0 Å². The zero-order valence-corrected chi connectivity index (χ0v) is 8.77. The topological polar surface area (TPSA) is 70.0 Å². The Morgan fingerprint density at radius 3 is 2.64 bits per heavy atom. The molecule has 5 heteroatoms. The second-order valence-corrected chi connectivity index (χ2v) is 3.27. The highest BCUT2D eigenvalue weighted by Gasteiger charge is 2.12. The van der Waals surface area contributed by atoms with Gasteiger partial charge in [-0.05, 0) is 6.92 Å². The van der Waals surface area contributed by atoms with Crippen LogP contribution in [0.3, 0.4) is 0 Å². The molecule has 1 atom stereocenters. The Hall–Kier alpha value is -0.490. The largest absolute Gasteiger partial charge is 0.395 e. The predicted molar refractivity (Wildman–Crippen MR) is 52.1 cm³/mol. The third kappa shape index (κ3) is 6.97. The molecule has 0 amide bonds. The Kier molecular flexibility index (Phi) is 7.60. The summed E-state index contributed by atoms with van der Waals surface area (Å²) in [6.07, 6.45) is -0.620. The number of nitrogens with zero attached hydrogens (tertiary/aromatic N) is 1. The number of hydrogen-bond donors (Lipinski definition) is 2. The Bertz CT molecular complexity index is 163. The lowest BCUT2D eigenvalue weighted by Gasteiger charge is -2.22. The summed E-state index contributed by atoms with van der Waals surface area (Å²) in [6, 6.07) is 0. The van der Waals surface area contributed by atoms with Crippen molar-refractivity contribution in [3.05, 3.63) is 0 Å². The predicted octanol–water partition coefficient (Wildman–Crippen LogP) is -1.12. The molecule has 0 aromatic rings. The molecule has 14 heavy (non-hydrogen) atoms. The van der Waals surface area contributed by atoms with E-state index in [0.717, 1.165) is 0 Å². The first-order chi connectivity index (χ1) is 6.60. The van der Waals surface area contributed by atoms with Crippen LogP contribution in [0.15, 0.2) is 0 Å². The Morgan fingerprint density at radius 2 is 2.21 bits per heavy atom. The monoisotopic (exact) mass is 205 g/mol. The molecular formula is C9H19NO4. The molecule has 0 aromatic heterocycles. The maximum atomic E-state index is 10.8. The van der Waals surface area contributed by atoms with Crippen LogP contribution in [-0.4, -0.2) is 67.0 Å². The molecule has 0 aliphatic rings. The molecule has 0 spiro atoms. The lowest BCUT2D eigenvalue weighted by Crippen LogP contribution is -2.39. The molecule has 84 valence electrons. The van der Waals surface area contributed by atoms with Crippen LogP contribution in [0.1, 0.15) is 6.92 Å². The van der Waals surface area contributed by atoms with Crippen LogP contribution in [0.2, 0.25) is 0 Å². The van der Waals surface area contributed by atoms with E-state index in [0.29, 0.717) is 13.1 Å². The van der Waals surface area contributed by atoms with Crippen LogP contribution < -0.4 is 0 Å². The van der Waals surface area contributed by atoms with E-state index in [1.807, 2.05) is 0 Å². The van der Waals surface area contributed by atoms with Gasteiger partial charge in [-0.1, -0.05) is 0 Å². The highest BCUT2D eigenvalue weighted by Crippen LogP contribution is 1.93. The SMILES string of the molecule is COCC(O)CN(CCO)CC(C)=O. The van der Waals surface area contributed by atoms with E-state index >= 15 is 0 Å². The first-order valence-corrected chi connectivity index (χ1v) is 4.59. The number of ketones is 1. The fourth-order valence-corrected chi connectivity index (χ4v) is 1.23. The molecule has 0 radical (unpaired) electrons. The van der Waals surface area contributed by atoms with E-state index in [4.69, 9.17) is 9.84 Å². The average molecular weight is 205 g/mol. The van der Waals surface area contributed by atoms with E-state index in [2.05, 4.69) is 0 Å². The van der Waals surface area contributed by atoms with Crippen LogP contribution in [-0.2, 0) is 9.53 Å². The number of Topliss-reactive ketones (excluding diaryl/α,β-unsaturated/α-hetero) is 1. The highest BCUT2D eigenvalue weighted by atomic mass is 16.5. The second-order valence-electron chi connectivity index (χ2n) is 3.27. The number of methoxy groups -OCH3 is 1. The minimum absolute atomic E-state index is 0.0167. The quantitative estimate of drug-likeness (QED) is 0.525. The Balaban J connectivity index is 3.87. The highest BCUT2D eigenvalue weighted by molar-refractivity contribution is 5.77. The van der Waals surface area contributed by atoms with Crippen LogP contribution >= 0.6 is 0 Å². The minimum atomic E-state index is -0.620. The van der Waals surface area contributed by atoms with Gasteiger partial charge in [-0.2, -0.15) is 0 Å². The standard InChI is InChI=1S/C9H19NO4/c1-8(12)5-10(3-4-11)6-9(13)7-14-2/h9,11,13H,3-7H2,1-2H3. The van der Waals surface area contributed by atoms with Crippen LogP contribution in [0, 0.1) is 0 Å². The summed E-state index contributed by atoms with van der Waals surface area (Å²) in [5.74, 6) is 0.0167. The summed E-state index contributed by atoms with van der Waals surface area (Å²) in [5, 5.41) is 18.1. The van der Waals surface area contributed by atoms with Crippen molar-refractivity contribution < 1.29 is 19.7 Å². The van der Waals surface area contributed by atoms with Crippen molar-refractivity contribution in [1.29, 1.82) is 0 Å². The van der Waals surface area contributed by atoms with Crippen LogP contribution in [0.25, 0.3) is 0 Å². The first kappa shape index (κ1) is 13.5. The zero-order chi connectivity index (χ0) is 11.0. The summed E-state index contributed by atoms with van der Waals surface area (Å²) in [4.78, 5) is 12.5. The molecule has 0 aliphatic heterocycles. The summed E-state index contributed by atoms with van der Waals surface area (Å²) < 4.78 is 4.76. The molecule has 0 rings (SSSR count). The number of carbonyl (C=O) groups is 1. The third-order valence-electron chi connectivity index (χ3n) is 1.69. The molecule has 1 unspecified atom stereocenters. The Morgan fingerprint density at radius 1 is 1.57 bits per heavy atom. The maximum Gasteiger partial charge on any atom is 0.143 e. The lowest BCUT2D eigenvalue weighted by molar-refractivity contribution is -0.118. The van der Waals surface area contributed by atoms with E-state index in [9.17, 15) is 9.90 Å². The molecule has 0 fully saturated rings. The molecule has 0 heterocycles. The summed E-state index contributed by atoms with van der Waals surface area (Å²) >= 11 is 0. The maximum absolute atomic E-state index is 10.8. The molecule has 0 aliphatic carbocycles. The molecule has 2 N–H and O–H groups in total. The van der Waals surface area contributed by atoms with Crippen molar-refractivity contribution in [2.45, 2.75) is 13.0 Å². The number of rotatable bonds is 8. The summed E-state index contributed by atoms with van der Waals surface area (Å²) in [5.41, 5.74) is 0. The first-order valence-electron chi connectivity index (χ1n) is 4.59. The fourth-order valence-electron chi connectivity index (χ4n) is 1.23. The van der Waals surface area contributed by atoms with Gasteiger partial charge in [-0.3, -0.25) is 9.69 Å². The van der Waals surface area contributed by atoms with E-state index in [-0.39, 0.29) is 25.5 Å². The van der Waals surface area contributed by atoms with Gasteiger partial charge < -0.3 is 14.9 Å². The number of aliphatic hydroxyl groups excluding tert-OH is 2. The van der Waals surface area contributed by atoms with Crippen molar-refractivity contribution in [3.63, 3.8) is 0 Å². The number of aliphatic hydroxyl groups is 2. The summed E-state index contributed by atoms with van der Waals surface area (Å²) in [7, 11) is 1.50. The number of ether oxygens (including phenoxy) is 1. The van der Waals surface area contributed by atoms with E-state index in [1.165, 1.54) is 14.0 Å². The van der Waals surface area contributed by atoms with Crippen LogP contribution in [0.4, 0.5) is 0 Å². The molecule has 0 saturated heterocycles. The van der Waals surface area contributed by atoms with Gasteiger partial charge in [0, 0.05) is 20.2 Å². The van der Waals surface area contributed by atoms with Gasteiger partial charge in [0.25, 0.3) is 0 Å². The smallest absolute Gasteiger partial charge is 0.143 e. The van der Waals surface area contributed by atoms with Gasteiger partial charge in [-0.15, -0.1) is 0 Å². The van der Waals surface area contributed by atoms with Crippen LogP contribution in [0.5, 0.6) is 0 Å². The van der Waals surface area contributed by atoms with Gasteiger partial charge in [0.2, 0.25) is 0 Å². The zero-order valence-electron chi connectivity index (χ0n) is 8.77. The molecule has 5 nitrogen and oxygen atoms in total. The van der Waals surface area contributed by atoms with Gasteiger partial charge in [0.15, 0.2) is 0 Å². The second kappa shape index (κ2) is 7.87. The molecule has 0 aromatic carbocycles. The fraction of sp³-hybridized carbons (Fsp3) is 0.889. The van der Waals surface area contributed by atoms with Gasteiger partial charge in [0.05, 0.1) is 25.9 Å². The van der Waals surface area contributed by atoms with Crippen molar-refractivity contribution in [3.8, 4) is 0 Å². The molecular weight excluding hydrogens is 186 g/mol. The van der Waals surface area contributed by atoms with E-state index < -0.39 is 6.10 Å². The molecule has 0 saturated carbocycles.